The number of nitrogens with one attached hydrogen (secondary N) is 1. The number of aromatic carboxylic acids is 1. The molecule has 2 N–H and O–H groups in total. The van der Waals surface area contributed by atoms with E-state index in [4.69, 9.17) is 0 Å². The highest BCUT2D eigenvalue weighted by Gasteiger charge is 2.27. The molecule has 0 radical (unpaired) electrons. The third kappa shape index (κ3) is 3.35. The lowest BCUT2D eigenvalue weighted by Crippen LogP contribution is -2.03. The molecule has 148 valence electrons. The van der Waals surface area contributed by atoms with Crippen molar-refractivity contribution in [3.05, 3.63) is 59.2 Å². The number of nitrogens with zero attached hydrogens (tertiary/aromatic N) is 1. The van der Waals surface area contributed by atoms with Gasteiger partial charge < -0.3 is 10.1 Å². The van der Waals surface area contributed by atoms with E-state index in [1.165, 1.54) is 24.2 Å². The fourth-order valence-electron chi connectivity index (χ4n) is 3.18. The van der Waals surface area contributed by atoms with Crippen molar-refractivity contribution in [1.82, 2.24) is 9.97 Å². The second kappa shape index (κ2) is 7.33. The molecule has 0 amide bonds. The minimum absolute atomic E-state index is 0.00493. The van der Waals surface area contributed by atoms with Gasteiger partial charge in [-0.25, -0.2) is 18.2 Å². The number of rotatable bonds is 5. The molecule has 0 saturated heterocycles. The number of benzene rings is 2. The minimum atomic E-state index is -3.93. The number of hydrogen-bond donors (Lipinski definition) is 2. The summed E-state index contributed by atoms with van der Waals surface area (Å²) in [6.45, 7) is 1.96. The second-order valence-corrected chi connectivity index (χ2v) is 10.4. The minimum Gasteiger partial charge on any atom is -0.477 e. The summed E-state index contributed by atoms with van der Waals surface area (Å²) in [7, 11) is -3.93. The molecule has 9 heteroatoms. The number of sulfone groups is 1. The summed E-state index contributed by atoms with van der Waals surface area (Å²) >= 11 is 2.18. The summed E-state index contributed by atoms with van der Waals surface area (Å²) < 4.78 is 27.3. The van der Waals surface area contributed by atoms with E-state index in [1.807, 2.05) is 31.2 Å². The van der Waals surface area contributed by atoms with Crippen LogP contribution in [0.5, 0.6) is 0 Å². The maximum absolute atomic E-state index is 13.4. The third-order valence-corrected chi connectivity index (χ3v) is 8.87. The normalized spacial score (nSPS) is 11.8. The quantitative estimate of drug-likeness (QED) is 0.427. The van der Waals surface area contributed by atoms with Crippen molar-refractivity contribution in [3.8, 4) is 11.1 Å². The van der Waals surface area contributed by atoms with Gasteiger partial charge in [-0.05, 0) is 42.5 Å². The Morgan fingerprint density at radius 3 is 2.62 bits per heavy atom. The van der Waals surface area contributed by atoms with Crippen molar-refractivity contribution in [3.63, 3.8) is 0 Å². The van der Waals surface area contributed by atoms with Crippen LogP contribution in [-0.4, -0.2) is 35.7 Å². The Balaban J connectivity index is 1.98. The molecule has 2 heterocycles. The van der Waals surface area contributed by atoms with Gasteiger partial charge in [-0.3, -0.25) is 0 Å². The van der Waals surface area contributed by atoms with Gasteiger partial charge in [-0.15, -0.1) is 23.1 Å². The van der Waals surface area contributed by atoms with Crippen molar-refractivity contribution in [2.75, 3.05) is 6.26 Å². The molecule has 4 rings (SSSR count). The van der Waals surface area contributed by atoms with Crippen LogP contribution in [0.2, 0.25) is 0 Å². The maximum Gasteiger partial charge on any atom is 0.345 e. The van der Waals surface area contributed by atoms with Crippen molar-refractivity contribution in [2.24, 2.45) is 0 Å². The molecule has 2 aromatic carbocycles. The van der Waals surface area contributed by atoms with Crippen LogP contribution in [0.15, 0.2) is 62.8 Å². The zero-order chi connectivity index (χ0) is 20.8. The Kier molecular flexibility index (Phi) is 4.97. The SMILES string of the molecule is CSc1sc(C(=O)O)cc1S(=O)(=O)c1cc(-c2ccccc2C)c2nc[nH]c2c1. The highest BCUT2D eigenvalue weighted by molar-refractivity contribution is 8.01. The summed E-state index contributed by atoms with van der Waals surface area (Å²) in [5, 5.41) is 9.28. The highest BCUT2D eigenvalue weighted by Crippen LogP contribution is 2.39. The van der Waals surface area contributed by atoms with Crippen LogP contribution in [0.1, 0.15) is 15.2 Å². The molecular weight excluding hydrogens is 428 g/mol. The number of carboxylic acid groups (broad SMARTS) is 1. The number of H-pyrrole nitrogens is 1. The zero-order valence-electron chi connectivity index (χ0n) is 15.5. The molecule has 0 saturated carbocycles. The molecular formula is C20H16N2O4S3. The summed E-state index contributed by atoms with van der Waals surface area (Å²) in [6, 6.07) is 12.1. The number of carbonyl (C=O) groups is 1. The van der Waals surface area contributed by atoms with Gasteiger partial charge in [0.25, 0.3) is 0 Å². The lowest BCUT2D eigenvalue weighted by molar-refractivity contribution is 0.0702. The molecule has 0 spiro atoms. The van der Waals surface area contributed by atoms with Gasteiger partial charge in [0.1, 0.15) is 4.88 Å². The fraction of sp³-hybridized carbons (Fsp3) is 0.100. The van der Waals surface area contributed by atoms with Gasteiger partial charge in [-0.1, -0.05) is 24.3 Å². The number of thioether (sulfide) groups is 1. The first kappa shape index (κ1) is 19.7. The first-order valence-corrected chi connectivity index (χ1v) is 12.0. The molecule has 0 unspecified atom stereocenters. The number of fused-ring (bicyclic) bond motifs is 1. The Morgan fingerprint density at radius 1 is 1.17 bits per heavy atom. The Hall–Kier alpha value is -2.62. The molecule has 0 fully saturated rings. The number of aromatic amines is 1. The number of aryl methyl sites for hydroxylation is 1. The Bertz CT molecular complexity index is 1350. The fourth-order valence-corrected chi connectivity index (χ4v) is 7.06. The molecule has 0 bridgehead atoms. The monoisotopic (exact) mass is 444 g/mol. The highest BCUT2D eigenvalue weighted by atomic mass is 32.2. The lowest BCUT2D eigenvalue weighted by atomic mass is 9.99. The van der Waals surface area contributed by atoms with E-state index in [2.05, 4.69) is 9.97 Å². The van der Waals surface area contributed by atoms with Crippen LogP contribution >= 0.6 is 23.1 Å². The van der Waals surface area contributed by atoms with E-state index < -0.39 is 15.8 Å². The van der Waals surface area contributed by atoms with Crippen LogP contribution in [0, 0.1) is 6.92 Å². The first-order valence-electron chi connectivity index (χ1n) is 8.52. The van der Waals surface area contributed by atoms with Crippen LogP contribution in [0.25, 0.3) is 22.2 Å². The van der Waals surface area contributed by atoms with Crippen molar-refractivity contribution >= 4 is 49.9 Å². The van der Waals surface area contributed by atoms with Crippen molar-refractivity contribution < 1.29 is 18.3 Å². The average Bonchev–Trinajstić information content (AvgIpc) is 3.35. The predicted octanol–water partition coefficient (Wildman–Crippen LogP) is 4.85. The predicted molar refractivity (Wildman–Crippen MR) is 115 cm³/mol. The van der Waals surface area contributed by atoms with Gasteiger partial charge in [-0.2, -0.15) is 0 Å². The van der Waals surface area contributed by atoms with Gasteiger partial charge in [0.2, 0.25) is 9.84 Å². The van der Waals surface area contributed by atoms with Crippen LogP contribution < -0.4 is 0 Å². The molecule has 2 aromatic heterocycles. The first-order chi connectivity index (χ1) is 13.8. The molecule has 6 nitrogen and oxygen atoms in total. The van der Waals surface area contributed by atoms with Gasteiger partial charge in [0, 0.05) is 5.56 Å². The lowest BCUT2D eigenvalue weighted by Gasteiger charge is -2.11. The topological polar surface area (TPSA) is 100 Å². The smallest absolute Gasteiger partial charge is 0.345 e. The maximum atomic E-state index is 13.4. The molecule has 4 aromatic rings. The Labute approximate surface area is 175 Å². The standard InChI is InChI=1S/C20H16N2O4S3/c1-11-5-3-4-6-13(11)14-7-12(8-15-18(14)22-10-21-15)29(25,26)17-9-16(19(23)24)28-20(17)27-2/h3-10H,1-2H3,(H,21,22)(H,23,24). The largest absolute Gasteiger partial charge is 0.477 e. The molecule has 0 aliphatic carbocycles. The van der Waals surface area contributed by atoms with E-state index in [1.54, 1.807) is 18.4 Å². The number of hydrogen-bond acceptors (Lipinski definition) is 6. The Morgan fingerprint density at radius 2 is 1.93 bits per heavy atom. The van der Waals surface area contributed by atoms with Crippen LogP contribution in [0.4, 0.5) is 0 Å². The average molecular weight is 445 g/mol. The van der Waals surface area contributed by atoms with Gasteiger partial charge in [0.15, 0.2) is 0 Å². The summed E-state index contributed by atoms with van der Waals surface area (Å²) in [6.07, 6.45) is 3.26. The summed E-state index contributed by atoms with van der Waals surface area (Å²) in [5.41, 5.74) is 3.88. The molecule has 29 heavy (non-hydrogen) atoms. The summed E-state index contributed by atoms with van der Waals surface area (Å²) in [4.78, 5) is 18.8. The number of thiophene rings is 1. The molecule has 0 atom stereocenters. The number of aromatic nitrogens is 2. The van der Waals surface area contributed by atoms with Gasteiger partial charge >= 0.3 is 5.97 Å². The zero-order valence-corrected chi connectivity index (χ0v) is 17.9. The van der Waals surface area contributed by atoms with E-state index in [-0.39, 0.29) is 14.7 Å². The number of carboxylic acids is 1. The van der Waals surface area contributed by atoms with Crippen molar-refractivity contribution in [1.29, 1.82) is 0 Å². The third-order valence-electron chi connectivity index (χ3n) is 4.59. The second-order valence-electron chi connectivity index (χ2n) is 6.36. The van der Waals surface area contributed by atoms with Gasteiger partial charge in [0.05, 0.1) is 31.4 Å². The van der Waals surface area contributed by atoms with E-state index >= 15 is 0 Å². The van der Waals surface area contributed by atoms with Crippen LogP contribution in [-0.2, 0) is 9.84 Å². The summed E-state index contributed by atoms with van der Waals surface area (Å²) in [5.74, 6) is -1.14. The molecule has 0 aliphatic heterocycles. The van der Waals surface area contributed by atoms with E-state index in [0.717, 1.165) is 22.5 Å². The van der Waals surface area contributed by atoms with E-state index in [0.29, 0.717) is 20.8 Å². The molecule has 0 aliphatic rings. The van der Waals surface area contributed by atoms with E-state index in [9.17, 15) is 18.3 Å². The van der Waals surface area contributed by atoms with Crippen molar-refractivity contribution in [2.45, 2.75) is 20.9 Å². The van der Waals surface area contributed by atoms with Crippen LogP contribution in [0.3, 0.4) is 0 Å². The number of imidazole rings is 1.